The van der Waals surface area contributed by atoms with Gasteiger partial charge in [0, 0.05) is 5.56 Å². The second-order valence-corrected chi connectivity index (χ2v) is 7.66. The molecule has 2 N–H and O–H groups in total. The van der Waals surface area contributed by atoms with E-state index in [1.165, 1.54) is 0 Å². The maximum atomic E-state index is 12.4. The van der Waals surface area contributed by atoms with Gasteiger partial charge in [-0.3, -0.25) is 14.4 Å². The second kappa shape index (κ2) is 11.9. The Bertz CT molecular complexity index is 959. The van der Waals surface area contributed by atoms with Crippen LogP contribution in [0.3, 0.4) is 0 Å². The minimum Gasteiger partial charge on any atom is -0.490 e. The van der Waals surface area contributed by atoms with E-state index in [4.69, 9.17) is 14.2 Å². The first kappa shape index (κ1) is 24.1. The van der Waals surface area contributed by atoms with Crippen LogP contribution in [0, 0.1) is 5.92 Å². The molecule has 0 aromatic heterocycles. The first-order valence-electron chi connectivity index (χ1n) is 11.2. The van der Waals surface area contributed by atoms with Crippen LogP contribution in [-0.4, -0.2) is 44.1 Å². The van der Waals surface area contributed by atoms with E-state index in [0.29, 0.717) is 36.2 Å². The van der Waals surface area contributed by atoms with Gasteiger partial charge in [0.15, 0.2) is 18.1 Å². The molecule has 1 aliphatic rings. The molecule has 1 saturated carbocycles. The molecular weight excluding hydrogens is 424 g/mol. The predicted molar refractivity (Wildman–Crippen MR) is 122 cm³/mol. The fourth-order valence-electron chi connectivity index (χ4n) is 3.42. The van der Waals surface area contributed by atoms with E-state index in [2.05, 4.69) is 10.6 Å². The monoisotopic (exact) mass is 454 g/mol. The van der Waals surface area contributed by atoms with Crippen LogP contribution in [0.15, 0.2) is 48.5 Å². The zero-order chi connectivity index (χ0) is 23.6. The third-order valence-corrected chi connectivity index (χ3v) is 5.13. The Kier molecular flexibility index (Phi) is 8.69. The zero-order valence-electron chi connectivity index (χ0n) is 19.0. The number of carbonyl (C=O) groups is 3. The van der Waals surface area contributed by atoms with Gasteiger partial charge in [0.05, 0.1) is 19.3 Å². The second-order valence-electron chi connectivity index (χ2n) is 7.66. The first-order chi connectivity index (χ1) is 16.0. The average molecular weight is 455 g/mol. The Balaban J connectivity index is 1.45. The van der Waals surface area contributed by atoms with Gasteiger partial charge < -0.3 is 24.8 Å². The number of benzene rings is 2. The summed E-state index contributed by atoms with van der Waals surface area (Å²) in [5.74, 6) is -0.128. The topological polar surface area (TPSA) is 103 Å². The average Bonchev–Trinajstić information content (AvgIpc) is 3.67. The molecule has 176 valence electrons. The molecule has 0 saturated heterocycles. The molecule has 8 heteroatoms. The lowest BCUT2D eigenvalue weighted by Gasteiger charge is -2.18. The molecule has 0 radical (unpaired) electrons. The quantitative estimate of drug-likeness (QED) is 0.478. The van der Waals surface area contributed by atoms with Crippen LogP contribution in [0.2, 0.25) is 0 Å². The summed E-state index contributed by atoms with van der Waals surface area (Å²) in [5.41, 5.74) is 1.36. The Morgan fingerprint density at radius 3 is 2.33 bits per heavy atom. The normalized spacial score (nSPS) is 13.5. The number of nitrogens with one attached hydrogen (secondary N) is 2. The zero-order valence-corrected chi connectivity index (χ0v) is 19.0. The number of rotatable bonds is 12. The minimum atomic E-state index is -0.697. The van der Waals surface area contributed by atoms with Gasteiger partial charge in [0.25, 0.3) is 11.8 Å². The highest BCUT2D eigenvalue weighted by molar-refractivity contribution is 5.96. The van der Waals surface area contributed by atoms with Crippen LogP contribution in [0.5, 0.6) is 11.5 Å². The van der Waals surface area contributed by atoms with Gasteiger partial charge in [-0.2, -0.15) is 0 Å². The van der Waals surface area contributed by atoms with Crippen molar-refractivity contribution in [2.75, 3.05) is 26.4 Å². The molecule has 8 nitrogen and oxygen atoms in total. The molecule has 1 fully saturated rings. The Labute approximate surface area is 193 Å². The highest BCUT2D eigenvalue weighted by atomic mass is 16.5. The molecule has 0 bridgehead atoms. The molecule has 33 heavy (non-hydrogen) atoms. The largest absolute Gasteiger partial charge is 0.490 e. The molecule has 0 heterocycles. The van der Waals surface area contributed by atoms with Crippen molar-refractivity contribution in [1.82, 2.24) is 10.6 Å². The first-order valence-corrected chi connectivity index (χ1v) is 11.2. The molecule has 0 aliphatic heterocycles. The lowest BCUT2D eigenvalue weighted by molar-refractivity contribution is -0.147. The van der Waals surface area contributed by atoms with Crippen LogP contribution < -0.4 is 20.1 Å². The highest BCUT2D eigenvalue weighted by Gasteiger charge is 2.33. The van der Waals surface area contributed by atoms with E-state index < -0.39 is 18.5 Å². The van der Waals surface area contributed by atoms with E-state index in [1.807, 2.05) is 44.2 Å². The summed E-state index contributed by atoms with van der Waals surface area (Å²) < 4.78 is 16.0. The van der Waals surface area contributed by atoms with Crippen molar-refractivity contribution >= 4 is 17.8 Å². The van der Waals surface area contributed by atoms with E-state index in [9.17, 15) is 14.4 Å². The Morgan fingerprint density at radius 2 is 1.67 bits per heavy atom. The number of esters is 1. The van der Waals surface area contributed by atoms with Crippen LogP contribution in [0.4, 0.5) is 0 Å². The molecule has 1 atom stereocenters. The fourth-order valence-corrected chi connectivity index (χ4v) is 3.42. The number of amides is 2. The smallest absolute Gasteiger partial charge is 0.325 e. The summed E-state index contributed by atoms with van der Waals surface area (Å²) in [6.07, 6.45) is 2.12. The summed E-state index contributed by atoms with van der Waals surface area (Å²) in [6.45, 7) is 3.83. The van der Waals surface area contributed by atoms with Crippen LogP contribution in [0.1, 0.15) is 48.7 Å². The molecule has 2 amide bonds. The van der Waals surface area contributed by atoms with Gasteiger partial charge in [-0.05, 0) is 56.4 Å². The van der Waals surface area contributed by atoms with Gasteiger partial charge in [0.2, 0.25) is 0 Å². The Morgan fingerprint density at radius 1 is 0.970 bits per heavy atom. The maximum absolute atomic E-state index is 12.4. The molecule has 0 spiro atoms. The van der Waals surface area contributed by atoms with Crippen molar-refractivity contribution < 1.29 is 28.6 Å². The summed E-state index contributed by atoms with van der Waals surface area (Å²) in [7, 11) is 0. The van der Waals surface area contributed by atoms with Crippen molar-refractivity contribution in [1.29, 1.82) is 0 Å². The third kappa shape index (κ3) is 7.24. The van der Waals surface area contributed by atoms with Crippen molar-refractivity contribution in [3.05, 3.63) is 59.7 Å². The molecular formula is C25H30N2O6. The molecule has 1 unspecified atom stereocenters. The highest BCUT2D eigenvalue weighted by Crippen LogP contribution is 2.40. The molecule has 2 aromatic rings. The third-order valence-electron chi connectivity index (χ3n) is 5.13. The lowest BCUT2D eigenvalue weighted by Crippen LogP contribution is -2.36. The summed E-state index contributed by atoms with van der Waals surface area (Å²) >= 11 is 0. The molecule has 1 aliphatic carbocycles. The minimum absolute atomic E-state index is 0.0868. The van der Waals surface area contributed by atoms with Crippen molar-refractivity contribution in [2.24, 2.45) is 5.92 Å². The van der Waals surface area contributed by atoms with Crippen LogP contribution in [-0.2, 0) is 14.3 Å². The number of ether oxygens (including phenoxy) is 3. The summed E-state index contributed by atoms with van der Waals surface area (Å²) in [5, 5.41) is 5.44. The SMILES string of the molecule is CCOc1ccc(C(=O)NCC(=O)OCC(=O)NC(c2ccccc2)C2CC2)cc1OCC. The van der Waals surface area contributed by atoms with Crippen LogP contribution >= 0.6 is 0 Å². The maximum Gasteiger partial charge on any atom is 0.325 e. The molecule has 2 aromatic carbocycles. The fraction of sp³-hybridized carbons (Fsp3) is 0.400. The van der Waals surface area contributed by atoms with Gasteiger partial charge in [-0.15, -0.1) is 0 Å². The number of hydrogen-bond acceptors (Lipinski definition) is 6. The van der Waals surface area contributed by atoms with Gasteiger partial charge >= 0.3 is 5.97 Å². The number of hydrogen-bond donors (Lipinski definition) is 2. The summed E-state index contributed by atoms with van der Waals surface area (Å²) in [4.78, 5) is 36.7. The standard InChI is InChI=1S/C25H30N2O6/c1-3-31-20-13-12-19(14-21(20)32-4-2)25(30)26-15-23(29)33-16-22(28)27-24(18-10-11-18)17-8-6-5-7-9-17/h5-9,12-14,18,24H,3-4,10-11,15-16H2,1-2H3,(H,26,30)(H,27,28). The van der Waals surface area contributed by atoms with Crippen LogP contribution in [0.25, 0.3) is 0 Å². The van der Waals surface area contributed by atoms with E-state index in [0.717, 1.165) is 18.4 Å². The van der Waals surface area contributed by atoms with Gasteiger partial charge in [-0.25, -0.2) is 0 Å². The van der Waals surface area contributed by atoms with Gasteiger partial charge in [0.1, 0.15) is 6.54 Å². The predicted octanol–water partition coefficient (Wildman–Crippen LogP) is 3.02. The van der Waals surface area contributed by atoms with Crippen molar-refractivity contribution in [2.45, 2.75) is 32.7 Å². The van der Waals surface area contributed by atoms with Crippen molar-refractivity contribution in [3.63, 3.8) is 0 Å². The number of carbonyl (C=O) groups excluding carboxylic acids is 3. The van der Waals surface area contributed by atoms with E-state index in [-0.39, 0.29) is 18.5 Å². The Hall–Kier alpha value is -3.55. The summed E-state index contributed by atoms with van der Waals surface area (Å²) in [6, 6.07) is 14.4. The van der Waals surface area contributed by atoms with E-state index in [1.54, 1.807) is 18.2 Å². The van der Waals surface area contributed by atoms with Crippen molar-refractivity contribution in [3.8, 4) is 11.5 Å². The molecule has 3 rings (SSSR count). The van der Waals surface area contributed by atoms with Gasteiger partial charge in [-0.1, -0.05) is 30.3 Å². The lowest BCUT2D eigenvalue weighted by atomic mass is 10.0. The van der Waals surface area contributed by atoms with E-state index >= 15 is 0 Å².